The number of fused-ring (bicyclic) bond motifs is 1. The molecule has 0 aliphatic heterocycles. The van der Waals surface area contributed by atoms with Crippen LogP contribution in [-0.2, 0) is 28.9 Å². The zero-order chi connectivity index (χ0) is 24.9. The molecular weight excluding hydrogens is 486 g/mol. The van der Waals surface area contributed by atoms with Crippen LogP contribution in [0, 0.1) is 0 Å². The zero-order valence-electron chi connectivity index (χ0n) is 18.4. The first-order valence-electron chi connectivity index (χ1n) is 10.2. The molecule has 0 aliphatic rings. The van der Waals surface area contributed by atoms with Crippen molar-refractivity contribution in [2.75, 3.05) is 31.2 Å². The van der Waals surface area contributed by atoms with Gasteiger partial charge >= 0.3 is 17.6 Å². The maximum atomic E-state index is 12.9. The van der Waals surface area contributed by atoms with Crippen LogP contribution in [-0.4, -0.2) is 46.7 Å². The molecular formula is C23H22ClNO8S. The third-order valence-corrected chi connectivity index (χ3v) is 6.81. The average molecular weight is 508 g/mol. The van der Waals surface area contributed by atoms with E-state index in [2.05, 4.69) is 0 Å². The highest BCUT2D eigenvalue weighted by Crippen LogP contribution is 2.26. The fraction of sp³-hybridized carbons (Fsp3) is 0.261. The van der Waals surface area contributed by atoms with Crippen LogP contribution in [0.1, 0.15) is 13.8 Å². The standard InChI is InChI=1S/C23H22ClNO8S/c1-15(26)31-11-9-25(10-12-32-16(2)27)19-6-3-17-13-22(23(28)33-21(17)14-19)34(29,30)20-7-4-18(24)5-8-20/h3-8,13-14H,9-12H2,1-2H3. The van der Waals surface area contributed by atoms with Crippen molar-refractivity contribution < 1.29 is 31.9 Å². The van der Waals surface area contributed by atoms with Gasteiger partial charge in [0.2, 0.25) is 9.84 Å². The lowest BCUT2D eigenvalue weighted by Crippen LogP contribution is -2.31. The van der Waals surface area contributed by atoms with E-state index in [1.807, 2.05) is 0 Å². The number of carbonyl (C=O) groups is 2. The van der Waals surface area contributed by atoms with Crippen molar-refractivity contribution in [1.82, 2.24) is 0 Å². The molecule has 11 heteroatoms. The van der Waals surface area contributed by atoms with Gasteiger partial charge in [-0.2, -0.15) is 0 Å². The van der Waals surface area contributed by atoms with Gasteiger partial charge in [0.05, 0.1) is 18.0 Å². The summed E-state index contributed by atoms with van der Waals surface area (Å²) in [6.45, 7) is 3.36. The molecule has 1 heterocycles. The highest BCUT2D eigenvalue weighted by molar-refractivity contribution is 7.91. The third-order valence-electron chi connectivity index (χ3n) is 4.80. The summed E-state index contributed by atoms with van der Waals surface area (Å²) < 4.78 is 41.2. The fourth-order valence-electron chi connectivity index (χ4n) is 3.17. The monoisotopic (exact) mass is 507 g/mol. The molecule has 180 valence electrons. The lowest BCUT2D eigenvalue weighted by Gasteiger charge is -2.24. The Morgan fingerprint density at radius 3 is 2.09 bits per heavy atom. The average Bonchev–Trinajstić information content (AvgIpc) is 2.77. The van der Waals surface area contributed by atoms with Crippen LogP contribution in [0.2, 0.25) is 5.02 Å². The van der Waals surface area contributed by atoms with E-state index in [9.17, 15) is 22.8 Å². The van der Waals surface area contributed by atoms with Crippen LogP contribution in [0.3, 0.4) is 0 Å². The molecule has 0 saturated carbocycles. The molecule has 0 N–H and O–H groups in total. The van der Waals surface area contributed by atoms with E-state index in [-0.39, 0.29) is 23.7 Å². The molecule has 3 rings (SSSR count). The molecule has 0 unspecified atom stereocenters. The lowest BCUT2D eigenvalue weighted by molar-refractivity contribution is -0.141. The molecule has 0 radical (unpaired) electrons. The Labute approximate surface area is 200 Å². The summed E-state index contributed by atoms with van der Waals surface area (Å²) in [4.78, 5) is 36.0. The first-order valence-corrected chi connectivity index (χ1v) is 12.0. The minimum Gasteiger partial charge on any atom is -0.464 e. The van der Waals surface area contributed by atoms with Gasteiger partial charge in [0.1, 0.15) is 18.8 Å². The number of sulfone groups is 1. The van der Waals surface area contributed by atoms with Gasteiger partial charge in [0, 0.05) is 36.0 Å². The van der Waals surface area contributed by atoms with E-state index in [1.165, 1.54) is 44.2 Å². The van der Waals surface area contributed by atoms with Crippen LogP contribution in [0.5, 0.6) is 0 Å². The number of hydrogen-bond donors (Lipinski definition) is 0. The molecule has 0 bridgehead atoms. The Hall–Kier alpha value is -3.37. The zero-order valence-corrected chi connectivity index (χ0v) is 20.0. The SMILES string of the molecule is CC(=O)OCCN(CCOC(C)=O)c1ccc2cc(S(=O)(=O)c3ccc(Cl)cc3)c(=O)oc2c1. The topological polar surface area (TPSA) is 120 Å². The summed E-state index contributed by atoms with van der Waals surface area (Å²) in [5.74, 6) is -0.863. The minimum atomic E-state index is -4.12. The number of carbonyl (C=O) groups excluding carboxylic acids is 2. The van der Waals surface area contributed by atoms with Crippen molar-refractivity contribution >= 4 is 50.0 Å². The predicted octanol–water partition coefficient (Wildman–Crippen LogP) is 3.21. The minimum absolute atomic E-state index is 0.0812. The van der Waals surface area contributed by atoms with E-state index in [1.54, 1.807) is 23.1 Å². The van der Waals surface area contributed by atoms with Gasteiger partial charge < -0.3 is 18.8 Å². The first-order chi connectivity index (χ1) is 16.1. The summed E-state index contributed by atoms with van der Waals surface area (Å²) in [5.41, 5.74) is -0.239. The van der Waals surface area contributed by atoms with Gasteiger partial charge in [0.25, 0.3) is 0 Å². The van der Waals surface area contributed by atoms with Gasteiger partial charge in [-0.1, -0.05) is 11.6 Å². The number of anilines is 1. The second-order valence-electron chi connectivity index (χ2n) is 7.24. The van der Waals surface area contributed by atoms with Gasteiger partial charge in [-0.15, -0.1) is 0 Å². The fourth-order valence-corrected chi connectivity index (χ4v) is 4.59. The molecule has 0 atom stereocenters. The third kappa shape index (κ3) is 6.15. The number of hydrogen-bond acceptors (Lipinski definition) is 9. The van der Waals surface area contributed by atoms with Crippen molar-refractivity contribution in [1.29, 1.82) is 0 Å². The maximum Gasteiger partial charge on any atom is 0.355 e. The Bertz CT molecular complexity index is 1350. The summed E-state index contributed by atoms with van der Waals surface area (Å²) in [5, 5.41) is 0.764. The van der Waals surface area contributed by atoms with E-state index >= 15 is 0 Å². The molecule has 0 spiro atoms. The maximum absolute atomic E-state index is 12.9. The number of esters is 2. The summed E-state index contributed by atoms with van der Waals surface area (Å²) in [6, 6.07) is 11.6. The van der Waals surface area contributed by atoms with Gasteiger partial charge in [-0.05, 0) is 42.5 Å². The largest absolute Gasteiger partial charge is 0.464 e. The second-order valence-corrected chi connectivity index (χ2v) is 9.60. The van der Waals surface area contributed by atoms with Crippen LogP contribution in [0.25, 0.3) is 11.0 Å². The molecule has 3 aromatic rings. The van der Waals surface area contributed by atoms with E-state index in [0.717, 1.165) is 0 Å². The second kappa shape index (κ2) is 10.7. The highest BCUT2D eigenvalue weighted by atomic mass is 35.5. The smallest absolute Gasteiger partial charge is 0.355 e. The van der Waals surface area contributed by atoms with E-state index < -0.39 is 32.3 Å². The highest BCUT2D eigenvalue weighted by Gasteiger charge is 2.23. The number of rotatable bonds is 9. The Balaban J connectivity index is 1.94. The van der Waals surface area contributed by atoms with Crippen LogP contribution in [0.15, 0.2) is 67.5 Å². The summed E-state index contributed by atoms with van der Waals surface area (Å²) in [7, 11) is -4.12. The molecule has 0 fully saturated rings. The number of benzene rings is 2. The molecule has 0 amide bonds. The molecule has 9 nitrogen and oxygen atoms in total. The number of ether oxygens (including phenoxy) is 2. The van der Waals surface area contributed by atoms with Crippen LogP contribution in [0.4, 0.5) is 5.69 Å². The Kier molecular flexibility index (Phi) is 7.95. The molecule has 34 heavy (non-hydrogen) atoms. The normalized spacial score (nSPS) is 11.3. The molecule has 2 aromatic carbocycles. The van der Waals surface area contributed by atoms with Gasteiger partial charge in [-0.3, -0.25) is 9.59 Å². The summed E-state index contributed by atoms with van der Waals surface area (Å²) in [6.07, 6.45) is 0. The number of nitrogens with zero attached hydrogens (tertiary/aromatic N) is 1. The Morgan fingerprint density at radius 1 is 0.941 bits per heavy atom. The van der Waals surface area contributed by atoms with Gasteiger partial charge in [-0.25, -0.2) is 13.2 Å². The van der Waals surface area contributed by atoms with Crippen molar-refractivity contribution in [2.45, 2.75) is 23.6 Å². The van der Waals surface area contributed by atoms with E-state index in [4.69, 9.17) is 25.5 Å². The molecule has 1 aromatic heterocycles. The number of halogens is 1. The predicted molar refractivity (Wildman–Crippen MR) is 125 cm³/mol. The van der Waals surface area contributed by atoms with Crippen molar-refractivity contribution in [3.63, 3.8) is 0 Å². The first kappa shape index (κ1) is 25.3. The van der Waals surface area contributed by atoms with Crippen molar-refractivity contribution in [2.24, 2.45) is 0 Å². The molecule has 0 saturated heterocycles. The Morgan fingerprint density at radius 2 is 1.53 bits per heavy atom. The van der Waals surface area contributed by atoms with Crippen LogP contribution >= 0.6 is 11.6 Å². The lowest BCUT2D eigenvalue weighted by atomic mass is 10.2. The van der Waals surface area contributed by atoms with Crippen molar-refractivity contribution in [3.8, 4) is 0 Å². The van der Waals surface area contributed by atoms with Crippen molar-refractivity contribution in [3.05, 3.63) is 64.0 Å². The quantitative estimate of drug-likeness (QED) is 0.317. The van der Waals surface area contributed by atoms with E-state index in [0.29, 0.717) is 29.2 Å². The summed E-state index contributed by atoms with van der Waals surface area (Å²) >= 11 is 5.82. The van der Waals surface area contributed by atoms with Crippen LogP contribution < -0.4 is 10.5 Å². The molecule has 0 aliphatic carbocycles. The van der Waals surface area contributed by atoms with Gasteiger partial charge in [0.15, 0.2) is 4.90 Å².